The van der Waals surface area contributed by atoms with Crippen molar-refractivity contribution >= 4 is 17.5 Å². The Labute approximate surface area is 235 Å². The fourth-order valence-corrected chi connectivity index (χ4v) is 5.82. The summed E-state index contributed by atoms with van der Waals surface area (Å²) in [5.41, 5.74) is 1.27. The molecule has 2 amide bonds. The lowest BCUT2D eigenvalue weighted by atomic mass is 9.81. The van der Waals surface area contributed by atoms with E-state index in [1.807, 2.05) is 0 Å². The molecule has 3 aliphatic carbocycles. The minimum Gasteiger partial charge on any atom is -0.348 e. The SMILES string of the molecule is Cc1nonc1C(=O)N[C@H](c1cn2ncc([C@H](NC(=O)CC3(C)CC3)C3(C#N)CC3)cc2n1)C1CCC(F)(F)CC1. The maximum atomic E-state index is 14.0. The molecule has 2 N–H and O–H groups in total. The minimum absolute atomic E-state index is 0.0187. The molecule has 0 bridgehead atoms. The number of imidazole rings is 1. The molecule has 3 heterocycles. The van der Waals surface area contributed by atoms with Crippen LogP contribution in [0.4, 0.5) is 8.78 Å². The summed E-state index contributed by atoms with van der Waals surface area (Å²) < 4.78 is 34.2. The van der Waals surface area contributed by atoms with E-state index in [0.29, 0.717) is 41.9 Å². The second-order valence-electron chi connectivity index (χ2n) is 12.4. The van der Waals surface area contributed by atoms with Crippen molar-refractivity contribution in [3.8, 4) is 6.07 Å². The first-order valence-corrected chi connectivity index (χ1v) is 14.0. The zero-order chi connectivity index (χ0) is 29.0. The molecule has 0 radical (unpaired) electrons. The summed E-state index contributed by atoms with van der Waals surface area (Å²) in [5.74, 6) is -3.64. The number of amides is 2. The molecule has 0 spiro atoms. The molecule has 3 aliphatic rings. The summed E-state index contributed by atoms with van der Waals surface area (Å²) >= 11 is 0. The Hall–Kier alpha value is -3.95. The fourth-order valence-electron chi connectivity index (χ4n) is 5.82. The van der Waals surface area contributed by atoms with Crippen LogP contribution in [0.3, 0.4) is 0 Å². The lowest BCUT2D eigenvalue weighted by molar-refractivity contribution is -0.123. The van der Waals surface area contributed by atoms with Crippen LogP contribution in [0.5, 0.6) is 0 Å². The average molecular weight is 567 g/mol. The summed E-state index contributed by atoms with van der Waals surface area (Å²) in [6.07, 6.45) is 6.95. The van der Waals surface area contributed by atoms with Crippen molar-refractivity contribution in [2.75, 3.05) is 0 Å². The Morgan fingerprint density at radius 1 is 1.17 bits per heavy atom. The molecular weight excluding hydrogens is 534 g/mol. The van der Waals surface area contributed by atoms with Gasteiger partial charge < -0.3 is 10.6 Å². The van der Waals surface area contributed by atoms with Crippen LogP contribution in [0.2, 0.25) is 0 Å². The lowest BCUT2D eigenvalue weighted by Gasteiger charge is -2.33. The lowest BCUT2D eigenvalue weighted by Crippen LogP contribution is -2.37. The highest BCUT2D eigenvalue weighted by atomic mass is 19.3. The third-order valence-electron chi connectivity index (χ3n) is 8.96. The fraction of sp³-hybridized carbons (Fsp3) is 0.607. The molecule has 216 valence electrons. The molecule has 13 heteroatoms. The number of aromatic nitrogens is 5. The van der Waals surface area contributed by atoms with Gasteiger partial charge in [-0.1, -0.05) is 12.1 Å². The first kappa shape index (κ1) is 27.2. The number of hydrogen-bond donors (Lipinski definition) is 2. The summed E-state index contributed by atoms with van der Waals surface area (Å²) in [6.45, 7) is 3.67. The normalized spacial score (nSPS) is 21.9. The van der Waals surface area contributed by atoms with E-state index in [1.165, 1.54) is 0 Å². The predicted octanol–water partition coefficient (Wildman–Crippen LogP) is 4.37. The van der Waals surface area contributed by atoms with Gasteiger partial charge in [-0.2, -0.15) is 10.4 Å². The highest BCUT2D eigenvalue weighted by molar-refractivity contribution is 5.93. The number of halogens is 2. The van der Waals surface area contributed by atoms with Gasteiger partial charge in [-0.15, -0.1) is 0 Å². The van der Waals surface area contributed by atoms with E-state index in [2.05, 4.69) is 43.7 Å². The molecule has 2 atom stereocenters. The Kier molecular flexibility index (Phi) is 6.54. The van der Waals surface area contributed by atoms with Crippen LogP contribution in [0, 0.1) is 35.0 Å². The Morgan fingerprint density at radius 3 is 2.51 bits per heavy atom. The number of nitrogens with zero attached hydrogens (tertiary/aromatic N) is 6. The van der Waals surface area contributed by atoms with Crippen molar-refractivity contribution in [3.63, 3.8) is 0 Å². The van der Waals surface area contributed by atoms with E-state index < -0.39 is 29.3 Å². The number of fused-ring (bicyclic) bond motifs is 1. The largest absolute Gasteiger partial charge is 0.348 e. The topological polar surface area (TPSA) is 151 Å². The quantitative estimate of drug-likeness (QED) is 0.388. The number of nitriles is 1. The van der Waals surface area contributed by atoms with Crippen LogP contribution in [-0.4, -0.2) is 42.6 Å². The van der Waals surface area contributed by atoms with Crippen molar-refractivity contribution in [2.24, 2.45) is 16.7 Å². The maximum absolute atomic E-state index is 14.0. The van der Waals surface area contributed by atoms with E-state index in [1.54, 1.807) is 29.9 Å². The molecular formula is C28H32F2N8O3. The zero-order valence-electron chi connectivity index (χ0n) is 23.0. The van der Waals surface area contributed by atoms with Gasteiger partial charge in [0, 0.05) is 19.3 Å². The monoisotopic (exact) mass is 566 g/mol. The molecule has 11 nitrogen and oxygen atoms in total. The number of nitrogens with one attached hydrogen (secondary N) is 2. The zero-order valence-corrected chi connectivity index (χ0v) is 23.0. The smallest absolute Gasteiger partial charge is 0.276 e. The standard InChI is InChI=1S/C28H32F2N8O3/c1-16-22(37-41-36-16)25(40)35-23(17-3-5-28(29,30)6-4-17)19-14-38-20(33-19)11-18(13-32-38)24(27(15-31)9-10-27)34-21(39)12-26(2)7-8-26/h11,13-14,17,23-24H,3-10,12H2,1-2H3,(H,34,39)(H,35,40)/t23-,24-/m0/s1. The van der Waals surface area contributed by atoms with Crippen molar-refractivity contribution in [1.29, 1.82) is 5.26 Å². The molecule has 3 aromatic heterocycles. The minimum atomic E-state index is -2.73. The average Bonchev–Trinajstić information content (AvgIpc) is 3.78. The molecule has 6 rings (SSSR count). The van der Waals surface area contributed by atoms with Crippen LogP contribution >= 0.6 is 0 Å². The second-order valence-corrected chi connectivity index (χ2v) is 12.4. The van der Waals surface area contributed by atoms with Crippen molar-refractivity contribution in [2.45, 2.75) is 89.6 Å². The molecule has 0 unspecified atom stereocenters. The van der Waals surface area contributed by atoms with Gasteiger partial charge in [-0.25, -0.2) is 22.9 Å². The number of carbonyl (C=O) groups excluding carboxylic acids is 2. The number of hydrogen-bond acceptors (Lipinski definition) is 8. The second kappa shape index (κ2) is 9.85. The van der Waals surface area contributed by atoms with E-state index in [0.717, 1.165) is 12.8 Å². The molecule has 3 fully saturated rings. The van der Waals surface area contributed by atoms with Gasteiger partial charge in [0.1, 0.15) is 5.69 Å². The van der Waals surface area contributed by atoms with Gasteiger partial charge in [0.25, 0.3) is 5.91 Å². The summed E-state index contributed by atoms with van der Waals surface area (Å²) in [4.78, 5) is 30.7. The summed E-state index contributed by atoms with van der Waals surface area (Å²) in [7, 11) is 0. The van der Waals surface area contributed by atoms with Crippen molar-refractivity contribution in [1.82, 2.24) is 35.5 Å². The Bertz CT molecular complexity index is 1520. The van der Waals surface area contributed by atoms with Gasteiger partial charge in [-0.05, 0) is 73.6 Å². The van der Waals surface area contributed by atoms with Crippen LogP contribution in [0.1, 0.15) is 104 Å². The first-order valence-electron chi connectivity index (χ1n) is 14.0. The number of rotatable bonds is 9. The third-order valence-corrected chi connectivity index (χ3v) is 8.96. The van der Waals surface area contributed by atoms with Gasteiger partial charge in [0.05, 0.1) is 41.7 Å². The Morgan fingerprint density at radius 2 is 1.90 bits per heavy atom. The van der Waals surface area contributed by atoms with Gasteiger partial charge >= 0.3 is 0 Å². The van der Waals surface area contributed by atoms with Crippen LogP contribution in [0.25, 0.3) is 5.65 Å². The van der Waals surface area contributed by atoms with Crippen LogP contribution < -0.4 is 10.6 Å². The molecule has 0 aliphatic heterocycles. The van der Waals surface area contributed by atoms with E-state index in [4.69, 9.17) is 4.98 Å². The third kappa shape index (κ3) is 5.52. The molecule has 3 saturated carbocycles. The van der Waals surface area contributed by atoms with Gasteiger partial charge in [0.15, 0.2) is 11.3 Å². The highest BCUT2D eigenvalue weighted by Gasteiger charge is 2.52. The van der Waals surface area contributed by atoms with Crippen molar-refractivity contribution < 1.29 is 23.0 Å². The van der Waals surface area contributed by atoms with Crippen molar-refractivity contribution in [3.05, 3.63) is 41.1 Å². The van der Waals surface area contributed by atoms with Crippen LogP contribution in [-0.2, 0) is 4.79 Å². The highest BCUT2D eigenvalue weighted by Crippen LogP contribution is 2.55. The number of alkyl halides is 2. The first-order chi connectivity index (χ1) is 19.5. The molecule has 41 heavy (non-hydrogen) atoms. The van der Waals surface area contributed by atoms with Gasteiger partial charge in [-0.3, -0.25) is 9.59 Å². The number of carbonyl (C=O) groups is 2. The molecule has 0 saturated heterocycles. The molecule has 3 aromatic rings. The summed E-state index contributed by atoms with van der Waals surface area (Å²) in [6, 6.07) is 2.98. The Balaban J connectivity index is 1.30. The summed E-state index contributed by atoms with van der Waals surface area (Å²) in [5, 5.41) is 27.8. The van der Waals surface area contributed by atoms with Crippen LogP contribution in [0.15, 0.2) is 23.1 Å². The van der Waals surface area contributed by atoms with Gasteiger partial charge in [0.2, 0.25) is 11.8 Å². The predicted molar refractivity (Wildman–Crippen MR) is 139 cm³/mol. The molecule has 0 aromatic carbocycles. The van der Waals surface area contributed by atoms with E-state index in [9.17, 15) is 23.6 Å². The van der Waals surface area contributed by atoms with E-state index >= 15 is 0 Å². The number of aryl methyl sites for hydroxylation is 1. The maximum Gasteiger partial charge on any atom is 0.276 e. The van der Waals surface area contributed by atoms with E-state index in [-0.39, 0.29) is 48.6 Å².